The summed E-state index contributed by atoms with van der Waals surface area (Å²) in [6.45, 7) is 1.55. The van der Waals surface area contributed by atoms with Crippen molar-refractivity contribution in [3.05, 3.63) is 84.6 Å². The van der Waals surface area contributed by atoms with Crippen LogP contribution in [0.1, 0.15) is 66.3 Å². The third-order valence-electron chi connectivity index (χ3n) is 6.26. The first kappa shape index (κ1) is 23.7. The van der Waals surface area contributed by atoms with E-state index in [2.05, 4.69) is 26.0 Å². The standard InChI is InChI=1S/C27H29N5O2.W/c33-27-23-18-22(32-19-24(30-20-32)21-9-10-21)11-12-25(23)34-17-7-2-1-6-15-31-16-14-28-26(31)8-4-3-5-13-29-27;/h3-5,11-14,16,18-21H,1-2,6-7,9-10,15,17H2,(H,29,33);. The maximum atomic E-state index is 13.1. The number of ether oxygens (including phenoxy) is 1. The molecular formula is C27H29N5O2W. The molecule has 1 N–H and O–H groups in total. The second-order valence-corrected chi connectivity index (χ2v) is 10.5. The van der Waals surface area contributed by atoms with E-state index in [1.54, 1.807) is 6.20 Å². The van der Waals surface area contributed by atoms with Gasteiger partial charge in [-0.15, -0.1) is 0 Å². The summed E-state index contributed by atoms with van der Waals surface area (Å²) in [6.07, 6.45) is 22.0. The predicted octanol–water partition coefficient (Wildman–Crippen LogP) is 4.47. The van der Waals surface area contributed by atoms with Crippen molar-refractivity contribution in [3.8, 4) is 11.4 Å². The number of benzene rings is 1. The first-order chi connectivity index (χ1) is 17.2. The molecule has 1 aromatic carbocycles. The molecule has 1 fully saturated rings. The van der Waals surface area contributed by atoms with E-state index in [0.29, 0.717) is 23.8 Å². The fourth-order valence-corrected chi connectivity index (χ4v) is 5.05. The van der Waals surface area contributed by atoms with Crippen LogP contribution in [0.15, 0.2) is 67.5 Å². The Bertz CT molecular complexity index is 1270. The van der Waals surface area contributed by atoms with Crippen LogP contribution in [0.3, 0.4) is 0 Å². The number of allylic oxidation sites excluding steroid dienone is 3. The van der Waals surface area contributed by atoms with E-state index >= 15 is 0 Å². The molecule has 0 spiro atoms. The van der Waals surface area contributed by atoms with Crippen LogP contribution in [0.2, 0.25) is 0 Å². The number of aromatic nitrogens is 4. The molecule has 1 aliphatic carbocycles. The number of carbonyl (C=O) groups is 1. The van der Waals surface area contributed by atoms with Gasteiger partial charge in [-0.25, -0.2) is 4.98 Å². The maximum absolute atomic E-state index is 13.1. The Labute approximate surface area is 216 Å². The van der Waals surface area contributed by atoms with Crippen molar-refractivity contribution in [2.75, 3.05) is 6.61 Å². The van der Waals surface area contributed by atoms with E-state index in [1.807, 2.05) is 59.7 Å². The Morgan fingerprint density at radius 3 is 2.86 bits per heavy atom. The third kappa shape index (κ3) is 5.96. The molecule has 3 heterocycles. The van der Waals surface area contributed by atoms with Gasteiger partial charge in [-0.05, 0) is 12.8 Å². The number of hydrogen-bond acceptors (Lipinski definition) is 4. The average Bonchev–Trinajstić information content (AvgIpc) is 3.40. The van der Waals surface area contributed by atoms with Gasteiger partial charge in [-0.1, -0.05) is 0 Å². The molecule has 35 heavy (non-hydrogen) atoms. The molecule has 2 aromatic heterocycles. The number of hydrogen-bond donors (Lipinski definition) is 1. The molecule has 1 saturated carbocycles. The zero-order valence-electron chi connectivity index (χ0n) is 19.6. The van der Waals surface area contributed by atoms with Crippen LogP contribution in [0.5, 0.6) is 5.75 Å². The quantitative estimate of drug-likeness (QED) is 0.450. The Kier molecular flexibility index (Phi) is 7.53. The average molecular weight is 639 g/mol. The number of imidazole rings is 2. The van der Waals surface area contributed by atoms with Crippen molar-refractivity contribution in [2.45, 2.75) is 51.0 Å². The van der Waals surface area contributed by atoms with Crippen molar-refractivity contribution in [1.29, 1.82) is 0 Å². The van der Waals surface area contributed by atoms with E-state index in [0.717, 1.165) is 49.4 Å². The number of carbonyl (C=O) groups excluding carboxylic acids is 1. The van der Waals surface area contributed by atoms with E-state index in [1.165, 1.54) is 36.1 Å². The van der Waals surface area contributed by atoms with Gasteiger partial charge in [-0.2, -0.15) is 0 Å². The summed E-state index contributed by atoms with van der Waals surface area (Å²) in [4.78, 5) is 22.2. The van der Waals surface area contributed by atoms with Gasteiger partial charge in [0.05, 0.1) is 5.69 Å². The van der Waals surface area contributed by atoms with Crippen LogP contribution in [0, 0.1) is 0 Å². The molecule has 0 radical (unpaired) electrons. The van der Waals surface area contributed by atoms with Crippen LogP contribution >= 0.6 is 0 Å². The number of fused-ring (bicyclic) bond motifs is 2. The zero-order chi connectivity index (χ0) is 24.0. The fourth-order valence-electron chi connectivity index (χ4n) is 4.16. The van der Waals surface area contributed by atoms with Gasteiger partial charge in [0.15, 0.2) is 0 Å². The Balaban J connectivity index is 1.36. The number of nitrogens with one attached hydrogen (secondary N) is 1. The van der Waals surface area contributed by atoms with Gasteiger partial charge in [0.1, 0.15) is 0 Å². The molecule has 180 valence electrons. The molecule has 3 aromatic rings. The molecule has 5 rings (SSSR count). The second kappa shape index (κ2) is 11.1. The third-order valence-corrected chi connectivity index (χ3v) is 7.41. The van der Waals surface area contributed by atoms with Gasteiger partial charge in [0.2, 0.25) is 0 Å². The Hall–Kier alpha value is -3.05. The minimum absolute atomic E-state index is 0.197. The van der Waals surface area contributed by atoms with Crippen LogP contribution in [-0.2, 0) is 25.9 Å². The summed E-state index contributed by atoms with van der Waals surface area (Å²) >= 11 is 1.36. The minimum atomic E-state index is -0.197. The molecule has 7 nitrogen and oxygen atoms in total. The fraction of sp³-hybridized carbons (Fsp3) is 0.333. The normalized spacial score (nSPS) is 17.6. The van der Waals surface area contributed by atoms with Gasteiger partial charge in [-0.3, -0.25) is 0 Å². The molecular weight excluding hydrogens is 610 g/mol. The van der Waals surface area contributed by atoms with Crippen molar-refractivity contribution in [2.24, 2.45) is 0 Å². The summed E-state index contributed by atoms with van der Waals surface area (Å²) in [6, 6.07) is 5.76. The number of aryl methyl sites for hydroxylation is 1. The number of amides is 1. The van der Waals surface area contributed by atoms with Crippen molar-refractivity contribution < 1.29 is 28.9 Å². The molecule has 0 bridgehead atoms. The van der Waals surface area contributed by atoms with Gasteiger partial charge in [0, 0.05) is 5.92 Å². The summed E-state index contributed by atoms with van der Waals surface area (Å²) in [5, 5.41) is 2.89. The zero-order valence-corrected chi connectivity index (χ0v) is 22.5. The summed E-state index contributed by atoms with van der Waals surface area (Å²) in [5.41, 5.74) is 2.54. The van der Waals surface area contributed by atoms with Crippen LogP contribution in [-0.4, -0.2) is 35.5 Å². The van der Waals surface area contributed by atoms with Crippen LogP contribution in [0.4, 0.5) is 0 Å². The predicted molar refractivity (Wildman–Crippen MR) is 132 cm³/mol. The van der Waals surface area contributed by atoms with E-state index in [-0.39, 0.29) is 5.91 Å². The molecule has 8 heteroatoms. The van der Waals surface area contributed by atoms with Gasteiger partial charge >= 0.3 is 187 Å². The molecule has 2 aliphatic rings. The summed E-state index contributed by atoms with van der Waals surface area (Å²) in [5.74, 6) is 2.01. The Morgan fingerprint density at radius 2 is 1.97 bits per heavy atom. The molecule has 0 atom stereocenters. The topological polar surface area (TPSA) is 74.0 Å². The number of nitrogens with zero attached hydrogens (tertiary/aromatic N) is 4. The van der Waals surface area contributed by atoms with E-state index < -0.39 is 0 Å². The van der Waals surface area contributed by atoms with Crippen molar-refractivity contribution in [3.63, 3.8) is 0 Å². The molecule has 0 saturated heterocycles. The van der Waals surface area contributed by atoms with Gasteiger partial charge < -0.3 is 0 Å². The molecule has 1 aliphatic heterocycles. The van der Waals surface area contributed by atoms with Crippen LogP contribution in [0.25, 0.3) is 5.69 Å². The van der Waals surface area contributed by atoms with Crippen molar-refractivity contribution in [1.82, 2.24) is 24.4 Å². The van der Waals surface area contributed by atoms with Crippen molar-refractivity contribution >= 4 is 9.81 Å². The number of rotatable bonds is 2. The Morgan fingerprint density at radius 1 is 1.09 bits per heavy atom. The monoisotopic (exact) mass is 639 g/mol. The molecule has 0 unspecified atom stereocenters. The first-order valence-corrected chi connectivity index (χ1v) is 13.7. The summed E-state index contributed by atoms with van der Waals surface area (Å²) in [7, 11) is 0. The van der Waals surface area contributed by atoms with E-state index in [4.69, 9.17) is 4.74 Å². The second-order valence-electron chi connectivity index (χ2n) is 8.92. The van der Waals surface area contributed by atoms with Gasteiger partial charge in [0.25, 0.3) is 0 Å². The van der Waals surface area contributed by atoms with Crippen LogP contribution < -0.4 is 10.1 Å². The van der Waals surface area contributed by atoms with E-state index in [9.17, 15) is 4.79 Å². The summed E-state index contributed by atoms with van der Waals surface area (Å²) < 4.78 is 11.4. The first-order valence-electron chi connectivity index (χ1n) is 12.2. The SMILES string of the molecule is O=C1NC=CC=C[C](=[W])c2nccn2CCCCCCOc2ccc(-n3cnc(C4CC4)c3)cc21. The molecule has 1 amide bonds.